The van der Waals surface area contributed by atoms with Crippen LogP contribution >= 0.6 is 0 Å². The SMILES string of the molecule is Cn1c(C(=O)N2CC(CCc3cccc(F)c3)C2)cc2ccc(-c3cn[nH]c3)nc21. The average Bonchev–Trinajstić information content (AvgIpc) is 3.35. The minimum absolute atomic E-state index is 0.0300. The average molecular weight is 403 g/mol. The van der Waals surface area contributed by atoms with Gasteiger partial charge in [0.05, 0.1) is 11.9 Å². The fourth-order valence-corrected chi connectivity index (χ4v) is 4.10. The lowest BCUT2D eigenvalue weighted by Gasteiger charge is -2.39. The zero-order chi connectivity index (χ0) is 20.7. The van der Waals surface area contributed by atoms with E-state index < -0.39 is 0 Å². The summed E-state index contributed by atoms with van der Waals surface area (Å²) >= 11 is 0. The first kappa shape index (κ1) is 18.5. The van der Waals surface area contributed by atoms with E-state index >= 15 is 0 Å². The van der Waals surface area contributed by atoms with Crippen LogP contribution in [0.25, 0.3) is 22.3 Å². The number of hydrogen-bond acceptors (Lipinski definition) is 3. The second-order valence-electron chi connectivity index (χ2n) is 7.93. The highest BCUT2D eigenvalue weighted by molar-refractivity contribution is 5.98. The Labute approximate surface area is 173 Å². The zero-order valence-corrected chi connectivity index (χ0v) is 16.7. The molecule has 7 heteroatoms. The van der Waals surface area contributed by atoms with Crippen molar-refractivity contribution in [2.45, 2.75) is 12.8 Å². The van der Waals surface area contributed by atoms with Crippen LogP contribution in [0.1, 0.15) is 22.5 Å². The van der Waals surface area contributed by atoms with Gasteiger partial charge in [-0.2, -0.15) is 5.10 Å². The van der Waals surface area contributed by atoms with E-state index in [0.717, 1.165) is 53.8 Å². The summed E-state index contributed by atoms with van der Waals surface area (Å²) in [6.45, 7) is 1.48. The number of aryl methyl sites for hydroxylation is 2. The molecule has 1 fully saturated rings. The summed E-state index contributed by atoms with van der Waals surface area (Å²) in [4.78, 5) is 19.6. The Bertz CT molecular complexity index is 1210. The first-order valence-electron chi connectivity index (χ1n) is 10.1. The van der Waals surface area contributed by atoms with Crippen LogP contribution in [0.3, 0.4) is 0 Å². The maximum Gasteiger partial charge on any atom is 0.270 e. The van der Waals surface area contributed by atoms with Gasteiger partial charge in [0.1, 0.15) is 17.2 Å². The van der Waals surface area contributed by atoms with Crippen LogP contribution in [-0.4, -0.2) is 43.6 Å². The lowest BCUT2D eigenvalue weighted by Crippen LogP contribution is -2.50. The van der Waals surface area contributed by atoms with Gasteiger partial charge in [0.2, 0.25) is 0 Å². The van der Waals surface area contributed by atoms with E-state index in [2.05, 4.69) is 10.2 Å². The number of fused-ring (bicyclic) bond motifs is 1. The van der Waals surface area contributed by atoms with Crippen LogP contribution < -0.4 is 0 Å². The molecule has 0 radical (unpaired) electrons. The molecule has 152 valence electrons. The lowest BCUT2D eigenvalue weighted by atomic mass is 9.92. The van der Waals surface area contributed by atoms with E-state index in [1.54, 1.807) is 24.5 Å². The summed E-state index contributed by atoms with van der Waals surface area (Å²) in [5.41, 5.74) is 4.16. The van der Waals surface area contributed by atoms with Crippen molar-refractivity contribution in [1.29, 1.82) is 0 Å². The zero-order valence-electron chi connectivity index (χ0n) is 16.7. The molecule has 0 aliphatic carbocycles. The first-order valence-corrected chi connectivity index (χ1v) is 10.1. The van der Waals surface area contributed by atoms with Crippen molar-refractivity contribution in [2.24, 2.45) is 13.0 Å². The second-order valence-corrected chi connectivity index (χ2v) is 7.93. The summed E-state index contributed by atoms with van der Waals surface area (Å²) in [7, 11) is 1.88. The van der Waals surface area contributed by atoms with Crippen LogP contribution in [0.4, 0.5) is 4.39 Å². The number of aromatic amines is 1. The predicted molar refractivity (Wildman–Crippen MR) is 112 cm³/mol. The smallest absolute Gasteiger partial charge is 0.270 e. The van der Waals surface area contributed by atoms with Gasteiger partial charge < -0.3 is 9.47 Å². The molecule has 1 amide bonds. The molecule has 5 rings (SSSR count). The Hall–Kier alpha value is -3.48. The summed E-state index contributed by atoms with van der Waals surface area (Å²) in [5.74, 6) is 0.290. The van der Waals surface area contributed by atoms with Crippen molar-refractivity contribution < 1.29 is 9.18 Å². The van der Waals surface area contributed by atoms with Crippen LogP contribution in [0, 0.1) is 11.7 Å². The van der Waals surface area contributed by atoms with E-state index in [1.807, 2.05) is 40.8 Å². The van der Waals surface area contributed by atoms with Crippen molar-refractivity contribution in [2.75, 3.05) is 13.1 Å². The largest absolute Gasteiger partial charge is 0.337 e. The number of rotatable bonds is 5. The summed E-state index contributed by atoms with van der Waals surface area (Å²) in [6, 6.07) is 12.6. The third-order valence-electron chi connectivity index (χ3n) is 5.86. The van der Waals surface area contributed by atoms with Gasteiger partial charge in [-0.15, -0.1) is 0 Å². The standard InChI is InChI=1S/C23H22FN5O/c1-28-21(10-17-7-8-20(27-22(17)28)18-11-25-26-12-18)23(30)29-13-16(14-29)6-5-15-3-2-4-19(24)9-15/h2-4,7-12,16H,5-6,13-14H2,1H3,(H,25,26). The van der Waals surface area contributed by atoms with Gasteiger partial charge in [-0.3, -0.25) is 9.89 Å². The molecule has 0 spiro atoms. The normalized spacial score (nSPS) is 14.3. The van der Waals surface area contributed by atoms with E-state index in [4.69, 9.17) is 4.98 Å². The third kappa shape index (κ3) is 3.36. The number of H-pyrrole nitrogens is 1. The van der Waals surface area contributed by atoms with Gasteiger partial charge in [-0.25, -0.2) is 9.37 Å². The van der Waals surface area contributed by atoms with Crippen molar-refractivity contribution in [3.63, 3.8) is 0 Å². The molecule has 3 aromatic heterocycles. The minimum atomic E-state index is -0.196. The number of carbonyl (C=O) groups is 1. The van der Waals surface area contributed by atoms with E-state index in [0.29, 0.717) is 11.6 Å². The molecule has 1 saturated heterocycles. The number of pyridine rings is 1. The maximum absolute atomic E-state index is 13.3. The van der Waals surface area contributed by atoms with Gasteiger partial charge in [0, 0.05) is 37.3 Å². The topological polar surface area (TPSA) is 66.8 Å². The third-order valence-corrected chi connectivity index (χ3v) is 5.86. The fourth-order valence-electron chi connectivity index (χ4n) is 4.10. The maximum atomic E-state index is 13.3. The van der Waals surface area contributed by atoms with Gasteiger partial charge in [-0.1, -0.05) is 12.1 Å². The molecule has 30 heavy (non-hydrogen) atoms. The minimum Gasteiger partial charge on any atom is -0.337 e. The molecular weight excluding hydrogens is 381 g/mol. The Morgan fingerprint density at radius 1 is 1.23 bits per heavy atom. The molecule has 4 heterocycles. The van der Waals surface area contributed by atoms with Crippen molar-refractivity contribution >= 4 is 16.9 Å². The highest BCUT2D eigenvalue weighted by atomic mass is 19.1. The number of likely N-dealkylation sites (tertiary alicyclic amines) is 1. The predicted octanol–water partition coefficient (Wildman–Crippen LogP) is 3.81. The molecular formula is C23H22FN5O. The monoisotopic (exact) mass is 403 g/mol. The van der Waals surface area contributed by atoms with Gasteiger partial charge in [-0.05, 0) is 54.7 Å². The number of aromatic nitrogens is 4. The number of amides is 1. The molecule has 6 nitrogen and oxygen atoms in total. The summed E-state index contributed by atoms with van der Waals surface area (Å²) in [6.07, 6.45) is 5.32. The van der Waals surface area contributed by atoms with Crippen LogP contribution in [-0.2, 0) is 13.5 Å². The van der Waals surface area contributed by atoms with Gasteiger partial charge in [0.25, 0.3) is 5.91 Å². The lowest BCUT2D eigenvalue weighted by molar-refractivity contribution is 0.0477. The highest BCUT2D eigenvalue weighted by Crippen LogP contribution is 2.27. The van der Waals surface area contributed by atoms with E-state index in [-0.39, 0.29) is 11.7 Å². The van der Waals surface area contributed by atoms with Crippen molar-refractivity contribution in [1.82, 2.24) is 24.6 Å². The van der Waals surface area contributed by atoms with E-state index in [1.165, 1.54) is 6.07 Å². The van der Waals surface area contributed by atoms with Crippen molar-refractivity contribution in [3.05, 3.63) is 71.9 Å². The Morgan fingerprint density at radius 3 is 2.87 bits per heavy atom. The first-order chi connectivity index (χ1) is 14.6. The molecule has 1 aromatic carbocycles. The fraction of sp³-hybridized carbons (Fsp3) is 0.261. The highest BCUT2D eigenvalue weighted by Gasteiger charge is 2.32. The van der Waals surface area contributed by atoms with Crippen LogP contribution in [0.2, 0.25) is 0 Å². The Balaban J connectivity index is 1.26. The van der Waals surface area contributed by atoms with Crippen molar-refractivity contribution in [3.8, 4) is 11.3 Å². The van der Waals surface area contributed by atoms with Crippen LogP contribution in [0.5, 0.6) is 0 Å². The Morgan fingerprint density at radius 2 is 2.10 bits per heavy atom. The van der Waals surface area contributed by atoms with E-state index in [9.17, 15) is 9.18 Å². The molecule has 0 unspecified atom stereocenters. The molecule has 1 aliphatic rings. The quantitative estimate of drug-likeness (QED) is 0.551. The number of hydrogen-bond donors (Lipinski definition) is 1. The number of nitrogens with one attached hydrogen (secondary N) is 1. The summed E-state index contributed by atoms with van der Waals surface area (Å²) in [5, 5.41) is 7.71. The Kier molecular flexibility index (Phi) is 4.58. The molecule has 0 saturated carbocycles. The summed E-state index contributed by atoms with van der Waals surface area (Å²) < 4.78 is 15.2. The second kappa shape index (κ2) is 7.40. The molecule has 4 aromatic rings. The number of nitrogens with zero attached hydrogens (tertiary/aromatic N) is 4. The molecule has 1 N–H and O–H groups in total. The van der Waals surface area contributed by atoms with Gasteiger partial charge in [0.15, 0.2) is 0 Å². The van der Waals surface area contributed by atoms with Gasteiger partial charge >= 0.3 is 0 Å². The number of benzene rings is 1. The number of carbonyl (C=O) groups excluding carboxylic acids is 1. The van der Waals surface area contributed by atoms with Crippen LogP contribution in [0.15, 0.2) is 54.9 Å². The molecule has 1 aliphatic heterocycles. The number of halogens is 1. The molecule has 0 atom stereocenters. The molecule has 0 bridgehead atoms.